The lowest BCUT2D eigenvalue weighted by atomic mass is 10.2. The van der Waals surface area contributed by atoms with Crippen LogP contribution in [-0.2, 0) is 6.54 Å². The topological polar surface area (TPSA) is 38.9 Å². The molecular weight excluding hydrogens is 340 g/mol. The van der Waals surface area contributed by atoms with E-state index in [1.807, 2.05) is 30.1 Å². The fourth-order valence-corrected chi connectivity index (χ4v) is 3.75. The number of hydrogen-bond donors (Lipinski definition) is 1. The van der Waals surface area contributed by atoms with Crippen LogP contribution in [0.2, 0.25) is 0 Å². The molecule has 0 amide bonds. The Morgan fingerprint density at radius 3 is 2.63 bits per heavy atom. The molecule has 5 heteroatoms. The van der Waals surface area contributed by atoms with Gasteiger partial charge in [0.1, 0.15) is 5.03 Å². The third-order valence-corrected chi connectivity index (χ3v) is 5.01. The highest BCUT2D eigenvalue weighted by atomic mass is 79.9. The Kier molecular flexibility index (Phi) is 5.76. The van der Waals surface area contributed by atoms with Crippen LogP contribution in [0.5, 0.6) is 0 Å². The van der Waals surface area contributed by atoms with Crippen LogP contribution in [0.25, 0.3) is 0 Å². The maximum atomic E-state index is 5.90. The molecule has 2 rings (SSSR count). The van der Waals surface area contributed by atoms with Gasteiger partial charge < -0.3 is 5.73 Å². The molecular formula is C14H15BrN2S2. The van der Waals surface area contributed by atoms with Gasteiger partial charge in [0.15, 0.2) is 0 Å². The standard InChI is InChI=1S/C14H15BrN2S2/c1-2-18-12-4-3-5-13(11(12)8-16)19-14-7-6-10(15)9-17-14/h3-7,9H,2,8,16H2,1H3. The number of hydrogen-bond acceptors (Lipinski definition) is 4. The molecule has 2 nitrogen and oxygen atoms in total. The Balaban J connectivity index is 2.28. The lowest BCUT2D eigenvalue weighted by molar-refractivity contribution is 0.977. The molecule has 0 saturated carbocycles. The van der Waals surface area contributed by atoms with Crippen LogP contribution < -0.4 is 5.73 Å². The molecule has 0 spiro atoms. The molecule has 100 valence electrons. The lowest BCUT2D eigenvalue weighted by Gasteiger charge is -2.11. The summed E-state index contributed by atoms with van der Waals surface area (Å²) in [4.78, 5) is 6.85. The summed E-state index contributed by atoms with van der Waals surface area (Å²) in [6.45, 7) is 2.71. The SMILES string of the molecule is CCSc1cccc(Sc2ccc(Br)cn2)c1CN. The number of benzene rings is 1. The summed E-state index contributed by atoms with van der Waals surface area (Å²) in [6.07, 6.45) is 1.81. The normalized spacial score (nSPS) is 10.7. The number of thioether (sulfide) groups is 1. The quantitative estimate of drug-likeness (QED) is 0.798. The Hall–Kier alpha value is -0.490. The van der Waals surface area contributed by atoms with Crippen LogP contribution in [0, 0.1) is 0 Å². The van der Waals surface area contributed by atoms with Crippen LogP contribution in [0.4, 0.5) is 0 Å². The van der Waals surface area contributed by atoms with Crippen molar-refractivity contribution in [1.82, 2.24) is 4.98 Å². The van der Waals surface area contributed by atoms with E-state index in [-0.39, 0.29) is 0 Å². The molecule has 0 fully saturated rings. The molecule has 1 aromatic heterocycles. The highest BCUT2D eigenvalue weighted by molar-refractivity contribution is 9.10. The molecule has 0 aliphatic carbocycles. The second kappa shape index (κ2) is 7.33. The minimum Gasteiger partial charge on any atom is -0.326 e. The molecule has 0 aliphatic rings. The van der Waals surface area contributed by atoms with Crippen molar-refractivity contribution in [2.45, 2.75) is 28.3 Å². The molecule has 1 heterocycles. The summed E-state index contributed by atoms with van der Waals surface area (Å²) in [5, 5.41) is 0.983. The third-order valence-electron chi connectivity index (χ3n) is 2.51. The Morgan fingerprint density at radius 2 is 2.00 bits per heavy atom. The van der Waals surface area contributed by atoms with Crippen molar-refractivity contribution < 1.29 is 0 Å². The molecule has 1 aromatic carbocycles. The van der Waals surface area contributed by atoms with Crippen LogP contribution >= 0.6 is 39.5 Å². The molecule has 0 saturated heterocycles. The molecule has 0 atom stereocenters. The fourth-order valence-electron chi connectivity index (χ4n) is 1.67. The second-order valence-electron chi connectivity index (χ2n) is 3.79. The minimum absolute atomic E-state index is 0.558. The minimum atomic E-state index is 0.558. The monoisotopic (exact) mass is 354 g/mol. The third kappa shape index (κ3) is 3.99. The van der Waals surface area contributed by atoms with Crippen LogP contribution in [-0.4, -0.2) is 10.7 Å². The van der Waals surface area contributed by atoms with Gasteiger partial charge in [-0.25, -0.2) is 4.98 Å². The zero-order valence-electron chi connectivity index (χ0n) is 10.6. The summed E-state index contributed by atoms with van der Waals surface area (Å²) >= 11 is 6.89. The molecule has 19 heavy (non-hydrogen) atoms. The smallest absolute Gasteiger partial charge is 0.101 e. The van der Waals surface area contributed by atoms with Crippen molar-refractivity contribution in [1.29, 1.82) is 0 Å². The maximum absolute atomic E-state index is 5.90. The van der Waals surface area contributed by atoms with E-state index in [0.717, 1.165) is 15.3 Å². The first-order valence-corrected chi connectivity index (χ1v) is 8.58. The average molecular weight is 355 g/mol. The Labute approximate surface area is 130 Å². The molecule has 2 aromatic rings. The number of nitrogens with zero attached hydrogens (tertiary/aromatic N) is 1. The Morgan fingerprint density at radius 1 is 1.21 bits per heavy atom. The van der Waals surface area contributed by atoms with Gasteiger partial charge in [-0.1, -0.05) is 24.8 Å². The highest BCUT2D eigenvalue weighted by Gasteiger charge is 2.09. The van der Waals surface area contributed by atoms with E-state index in [0.29, 0.717) is 6.54 Å². The van der Waals surface area contributed by atoms with Crippen molar-refractivity contribution in [2.24, 2.45) is 5.73 Å². The first-order valence-electron chi connectivity index (χ1n) is 5.98. The van der Waals surface area contributed by atoms with E-state index >= 15 is 0 Å². The number of nitrogens with two attached hydrogens (primary N) is 1. The largest absolute Gasteiger partial charge is 0.326 e. The van der Waals surface area contributed by atoms with E-state index < -0.39 is 0 Å². The molecule has 0 bridgehead atoms. The van der Waals surface area contributed by atoms with E-state index in [9.17, 15) is 0 Å². The second-order valence-corrected chi connectivity index (χ2v) is 7.07. The van der Waals surface area contributed by atoms with Gasteiger partial charge in [0.2, 0.25) is 0 Å². The van der Waals surface area contributed by atoms with Gasteiger partial charge in [0.05, 0.1) is 0 Å². The van der Waals surface area contributed by atoms with Gasteiger partial charge in [0.25, 0.3) is 0 Å². The molecule has 0 unspecified atom stereocenters. The van der Waals surface area contributed by atoms with Crippen molar-refractivity contribution in [2.75, 3.05) is 5.75 Å². The van der Waals surface area contributed by atoms with Gasteiger partial charge in [-0.3, -0.25) is 0 Å². The number of aromatic nitrogens is 1. The zero-order chi connectivity index (χ0) is 13.7. The summed E-state index contributed by atoms with van der Waals surface area (Å²) in [5.41, 5.74) is 7.12. The van der Waals surface area contributed by atoms with Gasteiger partial charge in [-0.05, 0) is 51.5 Å². The Bertz CT molecular complexity index is 544. The van der Waals surface area contributed by atoms with E-state index in [1.54, 1.807) is 11.8 Å². The predicted octanol–water partition coefficient (Wildman–Crippen LogP) is 4.57. The van der Waals surface area contributed by atoms with Crippen molar-refractivity contribution >= 4 is 39.5 Å². The summed E-state index contributed by atoms with van der Waals surface area (Å²) in [7, 11) is 0. The van der Waals surface area contributed by atoms with Gasteiger partial charge in [0, 0.05) is 27.0 Å². The van der Waals surface area contributed by atoms with Crippen LogP contribution in [0.15, 0.2) is 55.8 Å². The summed E-state index contributed by atoms with van der Waals surface area (Å²) in [5.74, 6) is 1.05. The van der Waals surface area contributed by atoms with Crippen molar-refractivity contribution in [3.05, 3.63) is 46.6 Å². The van der Waals surface area contributed by atoms with Gasteiger partial charge in [-0.2, -0.15) is 0 Å². The van der Waals surface area contributed by atoms with E-state index in [2.05, 4.69) is 46.0 Å². The molecule has 2 N–H and O–H groups in total. The first-order chi connectivity index (χ1) is 9.24. The van der Waals surface area contributed by atoms with Crippen molar-refractivity contribution in [3.8, 4) is 0 Å². The van der Waals surface area contributed by atoms with Crippen LogP contribution in [0.3, 0.4) is 0 Å². The number of pyridine rings is 1. The maximum Gasteiger partial charge on any atom is 0.101 e. The van der Waals surface area contributed by atoms with Crippen molar-refractivity contribution in [3.63, 3.8) is 0 Å². The summed E-state index contributed by atoms with van der Waals surface area (Å²) < 4.78 is 0.992. The number of halogens is 1. The highest BCUT2D eigenvalue weighted by Crippen LogP contribution is 2.34. The first kappa shape index (κ1) is 14.9. The zero-order valence-corrected chi connectivity index (χ0v) is 13.8. The fraction of sp³-hybridized carbons (Fsp3) is 0.214. The van der Waals surface area contributed by atoms with Crippen LogP contribution in [0.1, 0.15) is 12.5 Å². The summed E-state index contributed by atoms with van der Waals surface area (Å²) in [6, 6.07) is 10.3. The van der Waals surface area contributed by atoms with E-state index in [4.69, 9.17) is 5.73 Å². The molecule has 0 aliphatic heterocycles. The van der Waals surface area contributed by atoms with E-state index in [1.165, 1.54) is 15.4 Å². The molecule has 0 radical (unpaired) electrons. The lowest BCUT2D eigenvalue weighted by Crippen LogP contribution is -2.01. The average Bonchev–Trinajstić information content (AvgIpc) is 2.42. The van der Waals surface area contributed by atoms with Gasteiger partial charge in [-0.15, -0.1) is 11.8 Å². The van der Waals surface area contributed by atoms with Gasteiger partial charge >= 0.3 is 0 Å². The number of rotatable bonds is 5. The predicted molar refractivity (Wildman–Crippen MR) is 86.8 cm³/mol.